The molecule has 0 saturated carbocycles. The highest BCUT2D eigenvalue weighted by atomic mass is 28.4. The van der Waals surface area contributed by atoms with E-state index >= 15 is 0 Å². The summed E-state index contributed by atoms with van der Waals surface area (Å²) in [5.74, 6) is 7.01. The van der Waals surface area contributed by atoms with Gasteiger partial charge in [0.2, 0.25) is 8.32 Å². The number of hydrogen-bond acceptors (Lipinski definition) is 2. The Kier molecular flexibility index (Phi) is 5.21. The van der Waals surface area contributed by atoms with Gasteiger partial charge in [0.15, 0.2) is 0 Å². The Morgan fingerprint density at radius 2 is 1.73 bits per heavy atom. The van der Waals surface area contributed by atoms with Crippen LogP contribution >= 0.6 is 0 Å². The second-order valence-electron chi connectivity index (χ2n) is 5.48. The van der Waals surface area contributed by atoms with Gasteiger partial charge in [0.05, 0.1) is 7.11 Å². The highest BCUT2D eigenvalue weighted by Crippen LogP contribution is 2.12. The lowest BCUT2D eigenvalue weighted by Crippen LogP contribution is -2.43. The molecule has 0 spiro atoms. The Morgan fingerprint density at radius 3 is 2.36 bits per heavy atom. The van der Waals surface area contributed by atoms with Crippen LogP contribution in [0.2, 0.25) is 13.1 Å². The summed E-state index contributed by atoms with van der Waals surface area (Å²) < 4.78 is 5.13. The molecule has 0 aliphatic heterocycles. The van der Waals surface area contributed by atoms with Crippen LogP contribution in [0, 0.1) is 11.8 Å². The van der Waals surface area contributed by atoms with Crippen LogP contribution in [0.3, 0.4) is 0 Å². The molecule has 1 N–H and O–H groups in total. The van der Waals surface area contributed by atoms with Crippen molar-refractivity contribution in [2.45, 2.75) is 13.1 Å². The Bertz CT molecular complexity index is 714. The van der Waals surface area contributed by atoms with Crippen LogP contribution in [-0.2, 0) is 0 Å². The lowest BCUT2D eigenvalue weighted by atomic mass is 10.2. The Balaban J connectivity index is 2.15. The summed E-state index contributed by atoms with van der Waals surface area (Å²) in [5.41, 5.74) is 1.97. The maximum atomic E-state index is 10.3. The van der Waals surface area contributed by atoms with E-state index < -0.39 is 8.32 Å². The summed E-state index contributed by atoms with van der Waals surface area (Å²) in [4.78, 5) is 10.3. The molecule has 2 aromatic carbocycles. The van der Waals surface area contributed by atoms with Crippen molar-refractivity contribution < 1.29 is 9.53 Å². The molecule has 22 heavy (non-hydrogen) atoms. The Hall–Kier alpha value is -2.28. The van der Waals surface area contributed by atoms with Crippen LogP contribution in [0.1, 0.15) is 11.1 Å². The van der Waals surface area contributed by atoms with Gasteiger partial charge in [0.1, 0.15) is 5.75 Å². The Labute approximate surface area is 133 Å². The third-order valence-electron chi connectivity index (χ3n) is 3.27. The average molecular weight is 308 g/mol. The van der Waals surface area contributed by atoms with Crippen molar-refractivity contribution in [2.24, 2.45) is 0 Å². The number of ether oxygens (including phenoxy) is 1. The summed E-state index contributed by atoms with van der Waals surface area (Å²) in [6.45, 7) is 3.81. The quantitative estimate of drug-likeness (QED) is 0.697. The van der Waals surface area contributed by atoms with Crippen molar-refractivity contribution in [3.05, 3.63) is 65.7 Å². The fraction of sp³-hybridized carbons (Fsp3) is 0.158. The minimum atomic E-state index is -2.35. The van der Waals surface area contributed by atoms with Gasteiger partial charge >= 0.3 is 0 Å². The molecule has 0 bridgehead atoms. The number of benzene rings is 2. The van der Waals surface area contributed by atoms with E-state index in [4.69, 9.17) is 4.74 Å². The molecule has 0 heterocycles. The molecule has 0 radical (unpaired) electrons. The van der Waals surface area contributed by atoms with Gasteiger partial charge < -0.3 is 9.53 Å². The first kappa shape index (κ1) is 16.1. The van der Waals surface area contributed by atoms with Crippen molar-refractivity contribution in [3.63, 3.8) is 0 Å². The summed E-state index contributed by atoms with van der Waals surface area (Å²) >= 11 is 0. The standard InChI is InChI=1S/C19H20O2Si/c1-21-18-14-12-16(13-15-18)8-4-5-9-17-10-6-7-11-19(17)22(2,3)20/h4,6-8,10-15,20H,1-3H3/b8-4+. The van der Waals surface area contributed by atoms with Gasteiger partial charge in [0.25, 0.3) is 0 Å². The number of methoxy groups -OCH3 is 1. The zero-order valence-corrected chi connectivity index (χ0v) is 14.1. The van der Waals surface area contributed by atoms with E-state index in [2.05, 4.69) is 11.8 Å². The van der Waals surface area contributed by atoms with Gasteiger partial charge in [-0.15, -0.1) is 0 Å². The van der Waals surface area contributed by atoms with E-state index in [1.165, 1.54) is 0 Å². The maximum Gasteiger partial charge on any atom is 0.215 e. The molecule has 2 nitrogen and oxygen atoms in total. The van der Waals surface area contributed by atoms with Gasteiger partial charge in [0, 0.05) is 5.56 Å². The molecule has 0 saturated heterocycles. The van der Waals surface area contributed by atoms with Crippen molar-refractivity contribution in [1.29, 1.82) is 0 Å². The minimum Gasteiger partial charge on any atom is -0.497 e. The number of hydrogen-bond donors (Lipinski definition) is 1. The molecule has 112 valence electrons. The van der Waals surface area contributed by atoms with E-state index in [0.717, 1.165) is 22.1 Å². The average Bonchev–Trinajstić information content (AvgIpc) is 2.51. The predicted molar refractivity (Wildman–Crippen MR) is 94.7 cm³/mol. The van der Waals surface area contributed by atoms with Gasteiger partial charge in [-0.05, 0) is 54.2 Å². The molecule has 0 aromatic heterocycles. The van der Waals surface area contributed by atoms with E-state index in [0.29, 0.717) is 0 Å². The normalized spacial score (nSPS) is 11.1. The van der Waals surface area contributed by atoms with Crippen molar-refractivity contribution in [3.8, 4) is 17.6 Å². The van der Waals surface area contributed by atoms with Gasteiger partial charge in [-0.25, -0.2) is 0 Å². The monoisotopic (exact) mass is 308 g/mol. The second kappa shape index (κ2) is 7.12. The zero-order chi connectivity index (χ0) is 16.0. The fourth-order valence-corrected chi connectivity index (χ4v) is 3.41. The third-order valence-corrected chi connectivity index (χ3v) is 5.02. The summed E-state index contributed by atoms with van der Waals surface area (Å²) in [7, 11) is -0.701. The fourth-order valence-electron chi connectivity index (χ4n) is 2.10. The van der Waals surface area contributed by atoms with Crippen molar-refractivity contribution in [1.82, 2.24) is 0 Å². The highest BCUT2D eigenvalue weighted by Gasteiger charge is 2.22. The van der Waals surface area contributed by atoms with E-state index in [-0.39, 0.29) is 0 Å². The lowest BCUT2D eigenvalue weighted by molar-refractivity contribution is 0.415. The van der Waals surface area contributed by atoms with Crippen LogP contribution < -0.4 is 9.92 Å². The van der Waals surface area contributed by atoms with Crippen LogP contribution in [0.5, 0.6) is 5.75 Å². The van der Waals surface area contributed by atoms with Gasteiger partial charge in [-0.2, -0.15) is 0 Å². The van der Waals surface area contributed by atoms with Gasteiger partial charge in [-0.3, -0.25) is 0 Å². The SMILES string of the molecule is COc1ccc(/C=C/C#Cc2ccccc2[Si](C)(C)O)cc1. The van der Waals surface area contributed by atoms with Crippen LogP contribution in [0.15, 0.2) is 54.6 Å². The van der Waals surface area contributed by atoms with E-state index in [1.807, 2.05) is 73.8 Å². The van der Waals surface area contributed by atoms with E-state index in [9.17, 15) is 4.80 Å². The highest BCUT2D eigenvalue weighted by molar-refractivity contribution is 6.83. The first-order valence-corrected chi connectivity index (χ1v) is 10.1. The first-order valence-electron chi connectivity index (χ1n) is 7.15. The first-order chi connectivity index (χ1) is 10.5. The maximum absolute atomic E-state index is 10.3. The number of allylic oxidation sites excluding steroid dienone is 1. The zero-order valence-electron chi connectivity index (χ0n) is 13.1. The van der Waals surface area contributed by atoms with Crippen LogP contribution in [0.25, 0.3) is 6.08 Å². The van der Waals surface area contributed by atoms with Crippen molar-refractivity contribution >= 4 is 19.6 Å². The van der Waals surface area contributed by atoms with Crippen LogP contribution in [-0.4, -0.2) is 20.2 Å². The molecule has 0 fully saturated rings. The molecule has 2 rings (SSSR count). The largest absolute Gasteiger partial charge is 0.497 e. The summed E-state index contributed by atoms with van der Waals surface area (Å²) in [5, 5.41) is 0.973. The smallest absolute Gasteiger partial charge is 0.215 e. The molecule has 0 atom stereocenters. The predicted octanol–water partition coefficient (Wildman–Crippen LogP) is 3.16. The topological polar surface area (TPSA) is 29.5 Å². The molecular formula is C19H20O2Si. The minimum absolute atomic E-state index is 0.840. The second-order valence-corrected chi connectivity index (χ2v) is 9.14. The molecule has 0 amide bonds. The summed E-state index contributed by atoms with van der Waals surface area (Å²) in [6, 6.07) is 15.6. The molecule has 2 aromatic rings. The lowest BCUT2D eigenvalue weighted by Gasteiger charge is -2.16. The van der Waals surface area contributed by atoms with Gasteiger partial charge in [-0.1, -0.05) is 42.2 Å². The molecule has 3 heteroatoms. The van der Waals surface area contributed by atoms with Crippen LogP contribution in [0.4, 0.5) is 0 Å². The van der Waals surface area contributed by atoms with Crippen molar-refractivity contribution in [2.75, 3.05) is 7.11 Å². The molecule has 0 aliphatic carbocycles. The molecule has 0 aliphatic rings. The molecular weight excluding hydrogens is 288 g/mol. The van der Waals surface area contributed by atoms with E-state index in [1.54, 1.807) is 7.11 Å². The Morgan fingerprint density at radius 1 is 1.05 bits per heavy atom. The third kappa shape index (κ3) is 4.36. The molecule has 0 unspecified atom stereocenters. The number of rotatable bonds is 3. The summed E-state index contributed by atoms with van der Waals surface area (Å²) in [6.07, 6.45) is 3.78.